The maximum atomic E-state index is 6.26. The second kappa shape index (κ2) is 10.6. The fourth-order valence-corrected chi connectivity index (χ4v) is 5.04. The average molecular weight is 495 g/mol. The monoisotopic (exact) mass is 494 g/mol. The molecule has 1 aliphatic rings. The van der Waals surface area contributed by atoms with Gasteiger partial charge in [0.15, 0.2) is 11.5 Å². The molecule has 3 aromatic carbocycles. The molecule has 2 aromatic heterocycles. The Morgan fingerprint density at radius 2 is 1.73 bits per heavy atom. The molecule has 6 rings (SSSR count). The van der Waals surface area contributed by atoms with Gasteiger partial charge in [0.05, 0.1) is 43.8 Å². The second-order valence-corrected chi connectivity index (χ2v) is 9.19. The molecule has 5 aromatic rings. The van der Waals surface area contributed by atoms with E-state index in [1.165, 1.54) is 0 Å². The Bertz CT molecular complexity index is 1510. The lowest BCUT2D eigenvalue weighted by Gasteiger charge is -2.26. The largest absolute Gasteiger partial charge is 0.493 e. The quantitative estimate of drug-likeness (QED) is 0.285. The number of ether oxygens (including phenoxy) is 3. The molecule has 1 fully saturated rings. The molecule has 0 spiro atoms. The molecule has 37 heavy (non-hydrogen) atoms. The highest BCUT2D eigenvalue weighted by Crippen LogP contribution is 2.42. The third-order valence-electron chi connectivity index (χ3n) is 6.91. The molecular formula is C30H30N4O3. The van der Waals surface area contributed by atoms with Crippen LogP contribution in [0.2, 0.25) is 0 Å². The van der Waals surface area contributed by atoms with Crippen LogP contribution in [0, 0.1) is 0 Å². The van der Waals surface area contributed by atoms with Gasteiger partial charge >= 0.3 is 0 Å². The number of aromatic amines is 1. The zero-order valence-electron chi connectivity index (χ0n) is 20.9. The number of nitrogens with zero attached hydrogens (tertiary/aromatic N) is 3. The van der Waals surface area contributed by atoms with Crippen molar-refractivity contribution in [3.05, 3.63) is 73.1 Å². The molecule has 7 heteroatoms. The van der Waals surface area contributed by atoms with Crippen molar-refractivity contribution in [3.63, 3.8) is 0 Å². The summed E-state index contributed by atoms with van der Waals surface area (Å²) in [4.78, 5) is 15.4. The van der Waals surface area contributed by atoms with E-state index in [1.807, 2.05) is 24.3 Å². The van der Waals surface area contributed by atoms with Crippen LogP contribution >= 0.6 is 0 Å². The lowest BCUT2D eigenvalue weighted by Crippen LogP contribution is -2.37. The van der Waals surface area contributed by atoms with Crippen LogP contribution in [0.15, 0.2) is 73.1 Å². The summed E-state index contributed by atoms with van der Waals surface area (Å²) in [6.45, 7) is 5.17. The Hall–Kier alpha value is -3.94. The van der Waals surface area contributed by atoms with E-state index >= 15 is 0 Å². The molecule has 0 aliphatic carbocycles. The number of hydrogen-bond donors (Lipinski definition) is 1. The minimum Gasteiger partial charge on any atom is -0.493 e. The SMILES string of the molecule is COc1cc2ncnc(-c3c(-c4ccccc4)[nH]c4ccccc34)c2cc1OCCCN1CCOCC1. The number of fused-ring (bicyclic) bond motifs is 2. The maximum Gasteiger partial charge on any atom is 0.162 e. The highest BCUT2D eigenvalue weighted by molar-refractivity contribution is 6.08. The van der Waals surface area contributed by atoms with Gasteiger partial charge in [0.1, 0.15) is 6.33 Å². The van der Waals surface area contributed by atoms with Crippen LogP contribution in [0.4, 0.5) is 0 Å². The van der Waals surface area contributed by atoms with E-state index in [2.05, 4.69) is 57.3 Å². The van der Waals surface area contributed by atoms with Gasteiger partial charge in [0.2, 0.25) is 0 Å². The number of aromatic nitrogens is 3. The first-order chi connectivity index (χ1) is 18.3. The molecule has 0 unspecified atom stereocenters. The normalized spacial score (nSPS) is 14.3. The van der Waals surface area contributed by atoms with E-state index in [4.69, 9.17) is 19.2 Å². The topological polar surface area (TPSA) is 72.5 Å². The standard InChI is InChI=1S/C30H30N4O3/c1-35-26-19-25-23(18-27(26)37-15-7-12-34-13-16-36-17-14-34)30(32-20-31-25)28-22-10-5-6-11-24(22)33-29(28)21-8-3-2-4-9-21/h2-6,8-11,18-20,33H,7,12-17H2,1H3. The van der Waals surface area contributed by atoms with Crippen LogP contribution in [0.25, 0.3) is 44.3 Å². The number of hydrogen-bond acceptors (Lipinski definition) is 6. The van der Waals surface area contributed by atoms with Gasteiger partial charge in [-0.15, -0.1) is 0 Å². The molecule has 1 saturated heterocycles. The summed E-state index contributed by atoms with van der Waals surface area (Å²) in [6, 6.07) is 22.7. The average Bonchev–Trinajstić information content (AvgIpc) is 3.35. The molecule has 0 amide bonds. The summed E-state index contributed by atoms with van der Waals surface area (Å²) in [5.74, 6) is 1.37. The van der Waals surface area contributed by atoms with Gasteiger partial charge in [-0.05, 0) is 24.1 Å². The van der Waals surface area contributed by atoms with Gasteiger partial charge in [-0.25, -0.2) is 9.97 Å². The van der Waals surface area contributed by atoms with Crippen LogP contribution in [0.3, 0.4) is 0 Å². The molecule has 1 aliphatic heterocycles. The third-order valence-corrected chi connectivity index (χ3v) is 6.91. The smallest absolute Gasteiger partial charge is 0.162 e. The van der Waals surface area contributed by atoms with Gasteiger partial charge in [0.25, 0.3) is 0 Å². The first kappa shape index (κ1) is 23.5. The number of benzene rings is 3. The molecule has 1 N–H and O–H groups in total. The van der Waals surface area contributed by atoms with E-state index < -0.39 is 0 Å². The first-order valence-electron chi connectivity index (χ1n) is 12.7. The van der Waals surface area contributed by atoms with Crippen LogP contribution < -0.4 is 9.47 Å². The number of H-pyrrole nitrogens is 1. The molecule has 0 saturated carbocycles. The summed E-state index contributed by atoms with van der Waals surface area (Å²) in [7, 11) is 1.66. The van der Waals surface area contributed by atoms with Crippen molar-refractivity contribution >= 4 is 21.8 Å². The summed E-state index contributed by atoms with van der Waals surface area (Å²) >= 11 is 0. The Balaban J connectivity index is 1.39. The number of morpholine rings is 1. The Morgan fingerprint density at radius 1 is 0.919 bits per heavy atom. The van der Waals surface area contributed by atoms with Gasteiger partial charge in [-0.1, -0.05) is 48.5 Å². The number of nitrogens with one attached hydrogen (secondary N) is 1. The lowest BCUT2D eigenvalue weighted by atomic mass is 9.99. The highest BCUT2D eigenvalue weighted by atomic mass is 16.5. The Morgan fingerprint density at radius 3 is 2.57 bits per heavy atom. The zero-order chi connectivity index (χ0) is 25.0. The fraction of sp³-hybridized carbons (Fsp3) is 0.267. The molecule has 0 bridgehead atoms. The zero-order valence-corrected chi connectivity index (χ0v) is 20.9. The Labute approximate surface area is 216 Å². The van der Waals surface area contributed by atoms with Gasteiger partial charge in [-0.2, -0.15) is 0 Å². The first-order valence-corrected chi connectivity index (χ1v) is 12.7. The minimum absolute atomic E-state index is 0.602. The fourth-order valence-electron chi connectivity index (χ4n) is 5.04. The van der Waals surface area contributed by atoms with Crippen molar-refractivity contribution in [2.24, 2.45) is 0 Å². The van der Waals surface area contributed by atoms with Gasteiger partial charge in [-0.3, -0.25) is 4.90 Å². The second-order valence-electron chi connectivity index (χ2n) is 9.19. The van der Waals surface area contributed by atoms with Crippen LogP contribution in [-0.4, -0.2) is 66.4 Å². The third kappa shape index (κ3) is 4.75. The summed E-state index contributed by atoms with van der Waals surface area (Å²) in [5, 5.41) is 2.04. The summed E-state index contributed by atoms with van der Waals surface area (Å²) < 4.78 is 17.4. The van der Waals surface area contributed by atoms with Crippen LogP contribution in [-0.2, 0) is 4.74 Å². The maximum absolute atomic E-state index is 6.26. The van der Waals surface area contributed by atoms with Crippen molar-refractivity contribution in [1.29, 1.82) is 0 Å². The van der Waals surface area contributed by atoms with Crippen LogP contribution in [0.5, 0.6) is 11.5 Å². The lowest BCUT2D eigenvalue weighted by molar-refractivity contribution is 0.0357. The van der Waals surface area contributed by atoms with E-state index in [9.17, 15) is 0 Å². The van der Waals surface area contributed by atoms with Crippen LogP contribution in [0.1, 0.15) is 6.42 Å². The van der Waals surface area contributed by atoms with E-state index in [1.54, 1.807) is 13.4 Å². The molecule has 7 nitrogen and oxygen atoms in total. The molecule has 0 radical (unpaired) electrons. The van der Waals surface area contributed by atoms with E-state index in [-0.39, 0.29) is 0 Å². The predicted molar refractivity (Wildman–Crippen MR) is 146 cm³/mol. The van der Waals surface area contributed by atoms with Crippen molar-refractivity contribution in [1.82, 2.24) is 19.9 Å². The molecule has 0 atom stereocenters. The van der Waals surface area contributed by atoms with E-state index in [0.29, 0.717) is 18.1 Å². The molecular weight excluding hydrogens is 464 g/mol. The van der Waals surface area contributed by atoms with Crippen molar-refractivity contribution in [3.8, 4) is 34.0 Å². The number of rotatable bonds is 8. The highest BCUT2D eigenvalue weighted by Gasteiger charge is 2.20. The Kier molecular flexibility index (Phi) is 6.71. The van der Waals surface area contributed by atoms with E-state index in [0.717, 1.165) is 83.6 Å². The summed E-state index contributed by atoms with van der Waals surface area (Å²) in [6.07, 6.45) is 2.55. The molecule has 188 valence electrons. The van der Waals surface area contributed by atoms with Gasteiger partial charge < -0.3 is 19.2 Å². The van der Waals surface area contributed by atoms with Crippen molar-refractivity contribution < 1.29 is 14.2 Å². The number of para-hydroxylation sites is 1. The minimum atomic E-state index is 0.602. The molecule has 3 heterocycles. The van der Waals surface area contributed by atoms with Crippen molar-refractivity contribution in [2.75, 3.05) is 46.6 Å². The van der Waals surface area contributed by atoms with Gasteiger partial charge in [0, 0.05) is 47.6 Å². The van der Waals surface area contributed by atoms with Crippen molar-refractivity contribution in [2.45, 2.75) is 6.42 Å². The summed E-state index contributed by atoms with van der Waals surface area (Å²) in [5.41, 5.74) is 5.93. The predicted octanol–water partition coefficient (Wildman–Crippen LogP) is 5.55. The number of methoxy groups -OCH3 is 1.